The lowest BCUT2D eigenvalue weighted by Crippen LogP contribution is -2.32. The Hall–Kier alpha value is -2.62. The van der Waals surface area contributed by atoms with Gasteiger partial charge in [0.15, 0.2) is 0 Å². The van der Waals surface area contributed by atoms with Crippen molar-refractivity contribution >= 4 is 10.0 Å². The van der Waals surface area contributed by atoms with Gasteiger partial charge in [-0.2, -0.15) is 4.31 Å². The van der Waals surface area contributed by atoms with Gasteiger partial charge >= 0.3 is 0 Å². The molecule has 2 aromatic carbocycles. The van der Waals surface area contributed by atoms with Crippen LogP contribution in [0.1, 0.15) is 44.2 Å². The second-order valence-electron chi connectivity index (χ2n) is 7.53. The van der Waals surface area contributed by atoms with E-state index in [0.29, 0.717) is 44.3 Å². The van der Waals surface area contributed by atoms with Crippen molar-refractivity contribution in [3.05, 3.63) is 66.0 Å². The third-order valence-corrected chi connectivity index (χ3v) is 6.85. The first kappa shape index (κ1) is 23.1. The van der Waals surface area contributed by atoms with Gasteiger partial charge in [0.2, 0.25) is 10.0 Å². The van der Waals surface area contributed by atoms with E-state index in [2.05, 4.69) is 41.5 Å². The molecule has 0 bridgehead atoms. The van der Waals surface area contributed by atoms with E-state index in [-0.39, 0.29) is 4.90 Å². The first-order valence-electron chi connectivity index (χ1n) is 10.4. The minimum absolute atomic E-state index is 0.236. The van der Waals surface area contributed by atoms with E-state index in [1.165, 1.54) is 20.9 Å². The molecular weight excluding hydrogens is 414 g/mol. The number of sulfonamides is 1. The zero-order valence-corrected chi connectivity index (χ0v) is 19.0. The Morgan fingerprint density at radius 2 is 1.77 bits per heavy atom. The average molecular weight is 444 g/mol. The van der Waals surface area contributed by atoms with Crippen molar-refractivity contribution in [2.75, 3.05) is 19.8 Å². The van der Waals surface area contributed by atoms with E-state index in [0.717, 1.165) is 5.56 Å². The number of hydrogen-bond donors (Lipinski definition) is 0. The SMILES string of the molecule is CCOCCCN(Cc1ccc(C(C)C)cc1)S(=O)(=O)c1ccc(-n2cnnn2)cc1. The maximum atomic E-state index is 13.4. The summed E-state index contributed by atoms with van der Waals surface area (Å²) in [5.41, 5.74) is 2.87. The molecule has 166 valence electrons. The summed E-state index contributed by atoms with van der Waals surface area (Å²) < 4.78 is 35.2. The summed E-state index contributed by atoms with van der Waals surface area (Å²) in [6, 6.07) is 14.7. The molecule has 8 nitrogen and oxygen atoms in total. The van der Waals surface area contributed by atoms with E-state index in [1.807, 2.05) is 19.1 Å². The van der Waals surface area contributed by atoms with Crippen LogP contribution in [-0.4, -0.2) is 52.7 Å². The Bertz CT molecular complexity index is 1030. The molecule has 0 aliphatic rings. The van der Waals surface area contributed by atoms with Crippen LogP contribution >= 0.6 is 0 Å². The van der Waals surface area contributed by atoms with Gasteiger partial charge in [-0.05, 0) is 65.1 Å². The van der Waals surface area contributed by atoms with E-state index in [4.69, 9.17) is 4.74 Å². The van der Waals surface area contributed by atoms with Crippen molar-refractivity contribution in [3.8, 4) is 5.69 Å². The molecule has 0 saturated carbocycles. The average Bonchev–Trinajstić information content (AvgIpc) is 3.31. The van der Waals surface area contributed by atoms with Gasteiger partial charge in [-0.15, -0.1) is 5.10 Å². The highest BCUT2D eigenvalue weighted by atomic mass is 32.2. The van der Waals surface area contributed by atoms with Crippen LogP contribution in [0.3, 0.4) is 0 Å². The molecule has 9 heteroatoms. The number of rotatable bonds is 11. The molecule has 31 heavy (non-hydrogen) atoms. The summed E-state index contributed by atoms with van der Waals surface area (Å²) in [6.07, 6.45) is 2.09. The van der Waals surface area contributed by atoms with E-state index < -0.39 is 10.0 Å². The lowest BCUT2D eigenvalue weighted by molar-refractivity contribution is 0.140. The predicted molar refractivity (Wildman–Crippen MR) is 118 cm³/mol. The van der Waals surface area contributed by atoms with Crippen LogP contribution in [0.15, 0.2) is 59.8 Å². The third-order valence-electron chi connectivity index (χ3n) is 4.99. The third kappa shape index (κ3) is 5.96. The van der Waals surface area contributed by atoms with Crippen LogP contribution < -0.4 is 0 Å². The van der Waals surface area contributed by atoms with Crippen molar-refractivity contribution in [2.24, 2.45) is 0 Å². The molecule has 0 amide bonds. The van der Waals surface area contributed by atoms with Gasteiger partial charge in [0.05, 0.1) is 10.6 Å². The Balaban J connectivity index is 1.82. The molecule has 1 heterocycles. The second kappa shape index (κ2) is 10.6. The summed E-state index contributed by atoms with van der Waals surface area (Å²) in [4.78, 5) is 0.236. The smallest absolute Gasteiger partial charge is 0.243 e. The quantitative estimate of drug-likeness (QED) is 0.422. The van der Waals surface area contributed by atoms with Gasteiger partial charge < -0.3 is 4.74 Å². The molecule has 0 spiro atoms. The van der Waals surface area contributed by atoms with Crippen LogP contribution in [0.25, 0.3) is 5.69 Å². The highest BCUT2D eigenvalue weighted by molar-refractivity contribution is 7.89. The fourth-order valence-corrected chi connectivity index (χ4v) is 4.65. The number of hydrogen-bond acceptors (Lipinski definition) is 6. The van der Waals surface area contributed by atoms with Crippen LogP contribution in [0.5, 0.6) is 0 Å². The van der Waals surface area contributed by atoms with Crippen LogP contribution in [0, 0.1) is 0 Å². The van der Waals surface area contributed by atoms with Crippen molar-refractivity contribution in [3.63, 3.8) is 0 Å². The Labute approximate surface area is 183 Å². The standard InChI is InChI=1S/C22H29N5O3S/c1-4-30-15-5-14-26(16-19-6-8-20(9-7-19)18(2)3)31(28,29)22-12-10-21(11-13-22)27-17-23-24-25-27/h6-13,17-18H,4-5,14-16H2,1-3H3. The summed E-state index contributed by atoms with van der Waals surface area (Å²) in [7, 11) is -3.68. The predicted octanol–water partition coefficient (Wildman–Crippen LogP) is 3.40. The van der Waals surface area contributed by atoms with Gasteiger partial charge in [0.25, 0.3) is 0 Å². The molecule has 0 saturated heterocycles. The topological polar surface area (TPSA) is 90.2 Å². The van der Waals surface area contributed by atoms with Crippen molar-refractivity contribution < 1.29 is 13.2 Å². The monoisotopic (exact) mass is 443 g/mol. The molecule has 3 rings (SSSR count). The van der Waals surface area contributed by atoms with Gasteiger partial charge in [0.1, 0.15) is 6.33 Å². The zero-order valence-electron chi connectivity index (χ0n) is 18.2. The van der Waals surface area contributed by atoms with E-state index in [1.54, 1.807) is 24.3 Å². The van der Waals surface area contributed by atoms with Crippen LogP contribution in [0.4, 0.5) is 0 Å². The molecule has 1 aromatic heterocycles. The Morgan fingerprint density at radius 1 is 1.06 bits per heavy atom. The summed E-state index contributed by atoms with van der Waals surface area (Å²) in [6.45, 7) is 8.02. The molecule has 0 aliphatic heterocycles. The van der Waals surface area contributed by atoms with Crippen molar-refractivity contribution in [2.45, 2.75) is 44.6 Å². The van der Waals surface area contributed by atoms with Gasteiger partial charge in [-0.3, -0.25) is 0 Å². The lowest BCUT2D eigenvalue weighted by Gasteiger charge is -2.23. The molecule has 3 aromatic rings. The van der Waals surface area contributed by atoms with Crippen LogP contribution in [-0.2, 0) is 21.3 Å². The van der Waals surface area contributed by atoms with Gasteiger partial charge in [0, 0.05) is 26.3 Å². The summed E-state index contributed by atoms with van der Waals surface area (Å²) >= 11 is 0. The zero-order chi connectivity index (χ0) is 22.3. The first-order valence-corrected chi connectivity index (χ1v) is 11.9. The molecule has 0 aliphatic carbocycles. The number of nitrogens with zero attached hydrogens (tertiary/aromatic N) is 5. The molecule has 0 atom stereocenters. The van der Waals surface area contributed by atoms with E-state index in [9.17, 15) is 8.42 Å². The van der Waals surface area contributed by atoms with E-state index >= 15 is 0 Å². The summed E-state index contributed by atoms with van der Waals surface area (Å²) in [5, 5.41) is 11.0. The Morgan fingerprint density at radius 3 is 2.35 bits per heavy atom. The maximum absolute atomic E-state index is 13.4. The minimum Gasteiger partial charge on any atom is -0.382 e. The largest absolute Gasteiger partial charge is 0.382 e. The molecular formula is C22H29N5O3S. The number of benzene rings is 2. The Kier molecular flexibility index (Phi) is 7.89. The highest BCUT2D eigenvalue weighted by Gasteiger charge is 2.24. The lowest BCUT2D eigenvalue weighted by atomic mass is 10.0. The van der Waals surface area contributed by atoms with Gasteiger partial charge in [-0.25, -0.2) is 13.1 Å². The second-order valence-corrected chi connectivity index (χ2v) is 9.47. The fraction of sp³-hybridized carbons (Fsp3) is 0.409. The minimum atomic E-state index is -3.68. The maximum Gasteiger partial charge on any atom is 0.243 e. The van der Waals surface area contributed by atoms with Gasteiger partial charge in [-0.1, -0.05) is 38.1 Å². The van der Waals surface area contributed by atoms with Crippen molar-refractivity contribution in [1.29, 1.82) is 0 Å². The number of tetrazole rings is 1. The number of aromatic nitrogens is 4. The normalized spacial score (nSPS) is 12.0. The molecule has 0 N–H and O–H groups in total. The van der Waals surface area contributed by atoms with Crippen LogP contribution in [0.2, 0.25) is 0 Å². The molecule has 0 unspecified atom stereocenters. The molecule has 0 fully saturated rings. The number of ether oxygens (including phenoxy) is 1. The highest BCUT2D eigenvalue weighted by Crippen LogP contribution is 2.22. The fourth-order valence-electron chi connectivity index (χ4n) is 3.18. The molecule has 0 radical (unpaired) electrons. The summed E-state index contributed by atoms with van der Waals surface area (Å²) in [5.74, 6) is 0.429. The van der Waals surface area contributed by atoms with Crippen molar-refractivity contribution in [1.82, 2.24) is 24.5 Å². The first-order chi connectivity index (χ1) is 14.9.